The molecule has 0 radical (unpaired) electrons. The average Bonchev–Trinajstić information content (AvgIpc) is 2.38. The summed E-state index contributed by atoms with van der Waals surface area (Å²) >= 11 is 5.99. The fraction of sp³-hybridized carbons (Fsp3) is 0.538. The zero-order valence-corrected chi connectivity index (χ0v) is 11.8. The number of pyridine rings is 1. The first-order chi connectivity index (χ1) is 8.58. The third-order valence-corrected chi connectivity index (χ3v) is 3.03. The highest BCUT2D eigenvalue weighted by molar-refractivity contribution is 6.33. The predicted octanol–water partition coefficient (Wildman–Crippen LogP) is 2.94. The second kappa shape index (κ2) is 7.21. The first-order valence-corrected chi connectivity index (χ1v) is 6.64. The summed E-state index contributed by atoms with van der Waals surface area (Å²) in [5, 5.41) is 6.28. The van der Waals surface area contributed by atoms with Crippen molar-refractivity contribution in [2.45, 2.75) is 27.2 Å². The molecule has 0 saturated heterocycles. The van der Waals surface area contributed by atoms with Gasteiger partial charge in [0.1, 0.15) is 11.5 Å². The number of aromatic nitrogens is 1. The summed E-state index contributed by atoms with van der Waals surface area (Å²) in [6, 6.07) is 3.45. The Hall–Kier alpha value is -1.29. The number of carbonyl (C=O) groups is 1. The minimum atomic E-state index is -0.222. The molecule has 1 unspecified atom stereocenters. The lowest BCUT2D eigenvalue weighted by atomic mass is 10.1. The summed E-state index contributed by atoms with van der Waals surface area (Å²) in [6.07, 6.45) is 1.03. The van der Waals surface area contributed by atoms with Gasteiger partial charge >= 0.3 is 0 Å². The zero-order chi connectivity index (χ0) is 13.5. The minimum absolute atomic E-state index is 0.222. The summed E-state index contributed by atoms with van der Waals surface area (Å²) in [4.78, 5) is 16.2. The van der Waals surface area contributed by atoms with E-state index in [1.165, 1.54) is 0 Å². The van der Waals surface area contributed by atoms with E-state index in [0.717, 1.165) is 13.0 Å². The molecule has 0 aromatic carbocycles. The topological polar surface area (TPSA) is 54.0 Å². The van der Waals surface area contributed by atoms with Crippen molar-refractivity contribution in [1.29, 1.82) is 0 Å². The van der Waals surface area contributed by atoms with E-state index >= 15 is 0 Å². The molecule has 0 fully saturated rings. The molecule has 100 valence electrons. The SMILES string of the molecule is CCNc1ccc(Cl)c(C(=O)NCC(C)CC)n1. The zero-order valence-electron chi connectivity index (χ0n) is 11.1. The van der Waals surface area contributed by atoms with Gasteiger partial charge in [-0.1, -0.05) is 31.9 Å². The molecular weight excluding hydrogens is 250 g/mol. The molecular formula is C13H20ClN3O. The Morgan fingerprint density at radius 1 is 1.44 bits per heavy atom. The standard InChI is InChI=1S/C13H20ClN3O/c1-4-9(3)8-16-13(18)12-10(14)6-7-11(17-12)15-5-2/h6-7,9H,4-5,8H2,1-3H3,(H,15,17)(H,16,18). The van der Waals surface area contributed by atoms with E-state index < -0.39 is 0 Å². The molecule has 18 heavy (non-hydrogen) atoms. The molecule has 1 aromatic heterocycles. The molecule has 5 heteroatoms. The number of amides is 1. The van der Waals surface area contributed by atoms with Crippen LogP contribution in [0.1, 0.15) is 37.7 Å². The van der Waals surface area contributed by atoms with Crippen LogP contribution in [0.5, 0.6) is 0 Å². The highest BCUT2D eigenvalue weighted by atomic mass is 35.5. The van der Waals surface area contributed by atoms with Crippen LogP contribution in [0.25, 0.3) is 0 Å². The third kappa shape index (κ3) is 4.18. The minimum Gasteiger partial charge on any atom is -0.370 e. The van der Waals surface area contributed by atoms with E-state index in [0.29, 0.717) is 23.3 Å². The lowest BCUT2D eigenvalue weighted by Gasteiger charge is -2.11. The van der Waals surface area contributed by atoms with Crippen LogP contribution in [0.2, 0.25) is 5.02 Å². The van der Waals surface area contributed by atoms with Crippen molar-refractivity contribution < 1.29 is 4.79 Å². The van der Waals surface area contributed by atoms with Crippen molar-refractivity contribution in [3.63, 3.8) is 0 Å². The molecule has 0 aliphatic carbocycles. The normalized spacial score (nSPS) is 12.0. The molecule has 2 N–H and O–H groups in total. The number of rotatable bonds is 6. The van der Waals surface area contributed by atoms with Crippen LogP contribution < -0.4 is 10.6 Å². The number of nitrogens with one attached hydrogen (secondary N) is 2. The van der Waals surface area contributed by atoms with Crippen LogP contribution in [-0.4, -0.2) is 24.0 Å². The Morgan fingerprint density at radius 2 is 2.17 bits per heavy atom. The lowest BCUT2D eigenvalue weighted by molar-refractivity contribution is 0.0943. The highest BCUT2D eigenvalue weighted by Crippen LogP contribution is 2.16. The third-order valence-electron chi connectivity index (χ3n) is 2.73. The van der Waals surface area contributed by atoms with Crippen LogP contribution in [0.4, 0.5) is 5.82 Å². The van der Waals surface area contributed by atoms with Crippen molar-refractivity contribution >= 4 is 23.3 Å². The van der Waals surface area contributed by atoms with Gasteiger partial charge < -0.3 is 10.6 Å². The maximum atomic E-state index is 12.0. The average molecular weight is 270 g/mol. The molecule has 1 amide bonds. The first kappa shape index (κ1) is 14.8. The van der Waals surface area contributed by atoms with Gasteiger partial charge in [-0.15, -0.1) is 0 Å². The highest BCUT2D eigenvalue weighted by Gasteiger charge is 2.13. The van der Waals surface area contributed by atoms with E-state index in [-0.39, 0.29) is 11.6 Å². The molecule has 1 rings (SSSR count). The van der Waals surface area contributed by atoms with Gasteiger partial charge in [-0.2, -0.15) is 0 Å². The van der Waals surface area contributed by atoms with Crippen LogP contribution in [0, 0.1) is 5.92 Å². The summed E-state index contributed by atoms with van der Waals surface area (Å²) in [5.74, 6) is 0.889. The second-order valence-corrected chi connectivity index (χ2v) is 4.69. The maximum Gasteiger partial charge on any atom is 0.271 e. The largest absolute Gasteiger partial charge is 0.370 e. The number of carbonyl (C=O) groups excluding carboxylic acids is 1. The van der Waals surface area contributed by atoms with Gasteiger partial charge in [0.25, 0.3) is 5.91 Å². The fourth-order valence-corrected chi connectivity index (χ4v) is 1.57. The van der Waals surface area contributed by atoms with Crippen molar-refractivity contribution in [3.8, 4) is 0 Å². The van der Waals surface area contributed by atoms with Crippen LogP contribution in [-0.2, 0) is 0 Å². The predicted molar refractivity (Wildman–Crippen MR) is 75.2 cm³/mol. The summed E-state index contributed by atoms with van der Waals surface area (Å²) in [6.45, 7) is 7.54. The quantitative estimate of drug-likeness (QED) is 0.835. The van der Waals surface area contributed by atoms with E-state index in [1.54, 1.807) is 12.1 Å². The lowest BCUT2D eigenvalue weighted by Crippen LogP contribution is -2.29. The Balaban J connectivity index is 2.74. The first-order valence-electron chi connectivity index (χ1n) is 6.27. The molecule has 0 saturated carbocycles. The van der Waals surface area contributed by atoms with Gasteiger partial charge in [0, 0.05) is 13.1 Å². The number of hydrogen-bond donors (Lipinski definition) is 2. The molecule has 4 nitrogen and oxygen atoms in total. The van der Waals surface area contributed by atoms with Gasteiger partial charge in [0.15, 0.2) is 0 Å². The molecule has 1 aromatic rings. The second-order valence-electron chi connectivity index (χ2n) is 4.28. The van der Waals surface area contributed by atoms with Gasteiger partial charge in [-0.3, -0.25) is 4.79 Å². The van der Waals surface area contributed by atoms with E-state index in [9.17, 15) is 4.79 Å². The van der Waals surface area contributed by atoms with Crippen molar-refractivity contribution in [2.24, 2.45) is 5.92 Å². The van der Waals surface area contributed by atoms with Gasteiger partial charge in [-0.05, 0) is 25.0 Å². The summed E-state index contributed by atoms with van der Waals surface area (Å²) in [7, 11) is 0. The fourth-order valence-electron chi connectivity index (χ4n) is 1.38. The smallest absolute Gasteiger partial charge is 0.271 e. The molecule has 0 spiro atoms. The number of halogens is 1. The number of nitrogens with zero attached hydrogens (tertiary/aromatic N) is 1. The maximum absolute atomic E-state index is 12.0. The Labute approximate surface area is 113 Å². The Bertz CT molecular complexity index is 409. The Kier molecular flexibility index (Phi) is 5.92. The van der Waals surface area contributed by atoms with Crippen LogP contribution in [0.3, 0.4) is 0 Å². The van der Waals surface area contributed by atoms with Gasteiger partial charge in [0.05, 0.1) is 5.02 Å². The molecule has 0 bridgehead atoms. The van der Waals surface area contributed by atoms with Crippen molar-refractivity contribution in [1.82, 2.24) is 10.3 Å². The van der Waals surface area contributed by atoms with Gasteiger partial charge in [0.2, 0.25) is 0 Å². The molecule has 1 atom stereocenters. The number of anilines is 1. The summed E-state index contributed by atoms with van der Waals surface area (Å²) in [5.41, 5.74) is 0.276. The molecule has 0 aliphatic heterocycles. The molecule has 1 heterocycles. The van der Waals surface area contributed by atoms with Crippen LogP contribution in [0.15, 0.2) is 12.1 Å². The summed E-state index contributed by atoms with van der Waals surface area (Å²) < 4.78 is 0. The van der Waals surface area contributed by atoms with Crippen molar-refractivity contribution in [2.75, 3.05) is 18.4 Å². The Morgan fingerprint density at radius 3 is 2.78 bits per heavy atom. The van der Waals surface area contributed by atoms with E-state index in [4.69, 9.17) is 11.6 Å². The van der Waals surface area contributed by atoms with E-state index in [1.807, 2.05) is 6.92 Å². The van der Waals surface area contributed by atoms with Crippen molar-refractivity contribution in [3.05, 3.63) is 22.8 Å². The molecule has 0 aliphatic rings. The van der Waals surface area contributed by atoms with Gasteiger partial charge in [-0.25, -0.2) is 4.98 Å². The number of hydrogen-bond acceptors (Lipinski definition) is 3. The monoisotopic (exact) mass is 269 g/mol. The van der Waals surface area contributed by atoms with E-state index in [2.05, 4.69) is 29.5 Å². The van der Waals surface area contributed by atoms with Crippen LogP contribution >= 0.6 is 11.6 Å².